The summed E-state index contributed by atoms with van der Waals surface area (Å²) in [5.41, 5.74) is 2.45. The van der Waals surface area contributed by atoms with Gasteiger partial charge in [-0.2, -0.15) is 0 Å². The Hall–Kier alpha value is -2.69. The van der Waals surface area contributed by atoms with Crippen molar-refractivity contribution < 1.29 is 9.72 Å². The molecule has 5 nitrogen and oxygen atoms in total. The van der Waals surface area contributed by atoms with Gasteiger partial charge in [-0.05, 0) is 31.5 Å². The summed E-state index contributed by atoms with van der Waals surface area (Å²) in [6.07, 6.45) is 0. The molecule has 0 aromatic heterocycles. The fraction of sp³-hybridized carbons (Fsp3) is 0.235. The van der Waals surface area contributed by atoms with E-state index in [0.29, 0.717) is 5.56 Å². The van der Waals surface area contributed by atoms with Gasteiger partial charge in [-0.3, -0.25) is 14.9 Å². The van der Waals surface area contributed by atoms with Crippen LogP contribution in [0.2, 0.25) is 0 Å². The first-order valence-electron chi connectivity index (χ1n) is 6.98. The zero-order chi connectivity index (χ0) is 16.3. The number of aryl methyl sites for hydroxylation is 1. The molecule has 2 rings (SSSR count). The lowest BCUT2D eigenvalue weighted by atomic mass is 10.1. The highest BCUT2D eigenvalue weighted by Gasteiger charge is 2.20. The molecular formula is C17H18N2O3. The summed E-state index contributed by atoms with van der Waals surface area (Å²) in [7, 11) is 1.70. The molecule has 0 saturated heterocycles. The standard InChI is InChI=1S/C17H18N2O3/c1-12-7-9-14(10-8-12)17(20)18(3)13(2)15-5-4-6-16(11-15)19(21)22/h4-11,13H,1-3H3/t13-/m0/s1. The minimum absolute atomic E-state index is 0.0283. The fourth-order valence-electron chi connectivity index (χ4n) is 2.20. The lowest BCUT2D eigenvalue weighted by Crippen LogP contribution is -2.29. The van der Waals surface area contributed by atoms with E-state index in [-0.39, 0.29) is 17.6 Å². The van der Waals surface area contributed by atoms with Gasteiger partial charge in [0.15, 0.2) is 0 Å². The normalized spacial score (nSPS) is 11.8. The molecule has 2 aromatic rings. The van der Waals surface area contributed by atoms with E-state index in [0.717, 1.165) is 11.1 Å². The maximum atomic E-state index is 12.5. The van der Waals surface area contributed by atoms with Crippen molar-refractivity contribution in [1.82, 2.24) is 4.90 Å². The smallest absolute Gasteiger partial charge is 0.269 e. The van der Waals surface area contributed by atoms with Gasteiger partial charge < -0.3 is 4.90 Å². The van der Waals surface area contributed by atoms with E-state index < -0.39 is 4.92 Å². The first kappa shape index (κ1) is 15.7. The quantitative estimate of drug-likeness (QED) is 0.638. The van der Waals surface area contributed by atoms with Crippen LogP contribution in [0.25, 0.3) is 0 Å². The van der Waals surface area contributed by atoms with Crippen molar-refractivity contribution in [2.75, 3.05) is 7.05 Å². The van der Waals surface area contributed by atoms with Gasteiger partial charge in [0.2, 0.25) is 0 Å². The van der Waals surface area contributed by atoms with E-state index in [1.807, 2.05) is 26.0 Å². The third-order valence-corrected chi connectivity index (χ3v) is 3.76. The minimum Gasteiger partial charge on any atom is -0.335 e. The Morgan fingerprint density at radius 3 is 2.41 bits per heavy atom. The summed E-state index contributed by atoms with van der Waals surface area (Å²) in [4.78, 5) is 24.5. The largest absolute Gasteiger partial charge is 0.335 e. The summed E-state index contributed by atoms with van der Waals surface area (Å²) in [6, 6.07) is 13.5. The van der Waals surface area contributed by atoms with Gasteiger partial charge in [-0.25, -0.2) is 0 Å². The summed E-state index contributed by atoms with van der Waals surface area (Å²) in [5, 5.41) is 10.9. The maximum Gasteiger partial charge on any atom is 0.269 e. The molecule has 0 spiro atoms. The number of nitro benzene ring substituents is 1. The predicted octanol–water partition coefficient (Wildman–Crippen LogP) is 3.74. The van der Waals surface area contributed by atoms with Crippen LogP contribution in [-0.4, -0.2) is 22.8 Å². The van der Waals surface area contributed by atoms with Crippen molar-refractivity contribution in [3.63, 3.8) is 0 Å². The number of amides is 1. The van der Waals surface area contributed by atoms with E-state index in [1.54, 1.807) is 36.2 Å². The molecule has 0 saturated carbocycles. The van der Waals surface area contributed by atoms with Crippen molar-refractivity contribution in [3.8, 4) is 0 Å². The molecule has 0 unspecified atom stereocenters. The zero-order valence-electron chi connectivity index (χ0n) is 12.8. The number of non-ortho nitro benzene ring substituents is 1. The van der Waals surface area contributed by atoms with Crippen LogP contribution >= 0.6 is 0 Å². The molecular weight excluding hydrogens is 280 g/mol. The Morgan fingerprint density at radius 2 is 1.82 bits per heavy atom. The molecule has 0 aliphatic heterocycles. The molecule has 2 aromatic carbocycles. The van der Waals surface area contributed by atoms with Crippen LogP contribution in [-0.2, 0) is 0 Å². The molecule has 22 heavy (non-hydrogen) atoms. The van der Waals surface area contributed by atoms with Crippen LogP contribution in [0.15, 0.2) is 48.5 Å². The van der Waals surface area contributed by atoms with Crippen LogP contribution in [0, 0.1) is 17.0 Å². The topological polar surface area (TPSA) is 63.5 Å². The third kappa shape index (κ3) is 3.31. The molecule has 0 bridgehead atoms. The number of nitro groups is 1. The van der Waals surface area contributed by atoms with E-state index in [1.165, 1.54) is 12.1 Å². The van der Waals surface area contributed by atoms with Gasteiger partial charge in [0.25, 0.3) is 11.6 Å². The number of carbonyl (C=O) groups is 1. The molecule has 0 fully saturated rings. The Labute approximate surface area is 129 Å². The number of benzene rings is 2. The fourth-order valence-corrected chi connectivity index (χ4v) is 2.20. The number of carbonyl (C=O) groups excluding carboxylic acids is 1. The van der Waals surface area contributed by atoms with Crippen LogP contribution in [0.4, 0.5) is 5.69 Å². The van der Waals surface area contributed by atoms with Gasteiger partial charge in [0, 0.05) is 24.7 Å². The van der Waals surface area contributed by atoms with Crippen molar-refractivity contribution >= 4 is 11.6 Å². The molecule has 1 atom stereocenters. The van der Waals surface area contributed by atoms with E-state index in [9.17, 15) is 14.9 Å². The van der Waals surface area contributed by atoms with Crippen LogP contribution in [0.5, 0.6) is 0 Å². The number of hydrogen-bond acceptors (Lipinski definition) is 3. The molecule has 114 valence electrons. The molecule has 5 heteroatoms. The highest BCUT2D eigenvalue weighted by molar-refractivity contribution is 5.94. The number of rotatable bonds is 4. The highest BCUT2D eigenvalue weighted by atomic mass is 16.6. The second kappa shape index (κ2) is 6.39. The zero-order valence-corrected chi connectivity index (χ0v) is 12.8. The summed E-state index contributed by atoms with van der Waals surface area (Å²) >= 11 is 0. The predicted molar refractivity (Wildman–Crippen MR) is 84.8 cm³/mol. The Kier molecular flexibility index (Phi) is 4.56. The molecule has 0 aliphatic rings. The van der Waals surface area contributed by atoms with E-state index in [4.69, 9.17) is 0 Å². The van der Waals surface area contributed by atoms with Crippen LogP contribution in [0.1, 0.15) is 34.5 Å². The van der Waals surface area contributed by atoms with Gasteiger partial charge >= 0.3 is 0 Å². The Balaban J connectivity index is 2.22. The molecule has 0 N–H and O–H groups in total. The number of hydrogen-bond donors (Lipinski definition) is 0. The second-order valence-electron chi connectivity index (χ2n) is 5.31. The molecule has 1 amide bonds. The SMILES string of the molecule is Cc1ccc(C(=O)N(C)[C@@H](C)c2cccc([N+](=O)[O-])c2)cc1. The lowest BCUT2D eigenvalue weighted by molar-refractivity contribution is -0.384. The van der Waals surface area contributed by atoms with Crippen LogP contribution in [0.3, 0.4) is 0 Å². The monoisotopic (exact) mass is 298 g/mol. The maximum absolute atomic E-state index is 12.5. The van der Waals surface area contributed by atoms with Gasteiger partial charge in [0.1, 0.15) is 0 Å². The molecule has 0 radical (unpaired) electrons. The van der Waals surface area contributed by atoms with Gasteiger partial charge in [0.05, 0.1) is 11.0 Å². The van der Waals surface area contributed by atoms with Gasteiger partial charge in [-0.15, -0.1) is 0 Å². The lowest BCUT2D eigenvalue weighted by Gasteiger charge is -2.25. The highest BCUT2D eigenvalue weighted by Crippen LogP contribution is 2.24. The third-order valence-electron chi connectivity index (χ3n) is 3.76. The first-order valence-corrected chi connectivity index (χ1v) is 6.98. The average Bonchev–Trinajstić information content (AvgIpc) is 2.53. The Bertz CT molecular complexity index is 695. The van der Waals surface area contributed by atoms with E-state index in [2.05, 4.69) is 0 Å². The molecule has 0 heterocycles. The first-order chi connectivity index (χ1) is 10.4. The number of nitrogens with zero attached hydrogens (tertiary/aromatic N) is 2. The average molecular weight is 298 g/mol. The van der Waals surface area contributed by atoms with Crippen molar-refractivity contribution in [2.24, 2.45) is 0 Å². The van der Waals surface area contributed by atoms with Crippen LogP contribution < -0.4 is 0 Å². The molecule has 0 aliphatic carbocycles. The summed E-state index contributed by atoms with van der Waals surface area (Å²) < 4.78 is 0. The summed E-state index contributed by atoms with van der Waals surface area (Å²) in [6.45, 7) is 3.81. The second-order valence-corrected chi connectivity index (χ2v) is 5.31. The van der Waals surface area contributed by atoms with Crippen molar-refractivity contribution in [2.45, 2.75) is 19.9 Å². The Morgan fingerprint density at radius 1 is 1.18 bits per heavy atom. The summed E-state index contributed by atoms with van der Waals surface area (Å²) in [5.74, 6) is -0.112. The minimum atomic E-state index is -0.433. The van der Waals surface area contributed by atoms with Gasteiger partial charge in [-0.1, -0.05) is 29.8 Å². The van der Waals surface area contributed by atoms with Crippen molar-refractivity contribution in [1.29, 1.82) is 0 Å². The van der Waals surface area contributed by atoms with E-state index >= 15 is 0 Å². The van der Waals surface area contributed by atoms with Crippen molar-refractivity contribution in [3.05, 3.63) is 75.3 Å².